The average molecular weight is 506 g/mol. The molecular formula is C30H23N3O5. The number of ether oxygens (including phenoxy) is 1. The number of nitrogens with one attached hydrogen (secondary N) is 2. The van der Waals surface area contributed by atoms with E-state index in [0.29, 0.717) is 34.1 Å². The molecule has 0 atom stereocenters. The Balaban J connectivity index is 1.51. The molecule has 3 N–H and O–H groups in total. The number of para-hydroxylation sites is 2. The number of benzene rings is 4. The van der Waals surface area contributed by atoms with Crippen molar-refractivity contribution in [2.45, 2.75) is 6.92 Å². The molecule has 0 amide bonds. The summed E-state index contributed by atoms with van der Waals surface area (Å²) in [5.74, 6) is 0.0247. The zero-order valence-corrected chi connectivity index (χ0v) is 20.3. The van der Waals surface area contributed by atoms with Crippen LogP contribution >= 0.6 is 0 Å². The molecule has 0 saturated heterocycles. The minimum Gasteiger partial charge on any atom is -0.477 e. The number of carboxylic acid groups (broad SMARTS) is 1. The number of aryl methyl sites for hydroxylation is 1. The molecule has 8 heteroatoms. The first-order valence-electron chi connectivity index (χ1n) is 11.8. The zero-order chi connectivity index (χ0) is 26.6. The van der Waals surface area contributed by atoms with Gasteiger partial charge in [-0.2, -0.15) is 0 Å². The number of nitro benzene ring substituents is 1. The minimum atomic E-state index is -1.08. The Kier molecular flexibility index (Phi) is 6.61. The summed E-state index contributed by atoms with van der Waals surface area (Å²) in [4.78, 5) is 25.4. The smallest absolute Gasteiger partial charge is 0.352 e. The van der Waals surface area contributed by atoms with Crippen molar-refractivity contribution in [2.24, 2.45) is 0 Å². The normalized spacial score (nSPS) is 10.7. The van der Waals surface area contributed by atoms with Crippen LogP contribution in [-0.4, -0.2) is 21.0 Å². The minimum absolute atomic E-state index is 0.0334. The second-order valence-corrected chi connectivity index (χ2v) is 8.65. The number of carbonyl (C=O) groups is 1. The van der Waals surface area contributed by atoms with E-state index in [0.717, 1.165) is 16.7 Å². The van der Waals surface area contributed by atoms with E-state index in [1.807, 2.05) is 43.3 Å². The lowest BCUT2D eigenvalue weighted by atomic mass is 10.0. The number of rotatable bonds is 8. The highest BCUT2D eigenvalue weighted by atomic mass is 16.6. The molecule has 1 aromatic heterocycles. The number of hydrogen-bond acceptors (Lipinski definition) is 5. The molecule has 4 aromatic carbocycles. The molecule has 38 heavy (non-hydrogen) atoms. The van der Waals surface area contributed by atoms with Gasteiger partial charge in [0.2, 0.25) is 0 Å². The van der Waals surface area contributed by atoms with Crippen LogP contribution < -0.4 is 10.1 Å². The number of H-pyrrole nitrogens is 1. The largest absolute Gasteiger partial charge is 0.477 e. The number of carboxylic acids is 1. The van der Waals surface area contributed by atoms with Crippen LogP contribution in [0.1, 0.15) is 16.1 Å². The van der Waals surface area contributed by atoms with E-state index in [9.17, 15) is 20.0 Å². The fourth-order valence-electron chi connectivity index (χ4n) is 4.25. The summed E-state index contributed by atoms with van der Waals surface area (Å²) in [6, 6.07) is 30.6. The predicted molar refractivity (Wildman–Crippen MR) is 146 cm³/mol. The fourth-order valence-corrected chi connectivity index (χ4v) is 4.25. The van der Waals surface area contributed by atoms with Gasteiger partial charge < -0.3 is 20.1 Å². The number of nitrogens with zero attached hydrogens (tertiary/aromatic N) is 1. The van der Waals surface area contributed by atoms with E-state index in [1.165, 1.54) is 12.1 Å². The summed E-state index contributed by atoms with van der Waals surface area (Å²) in [6.45, 7) is 2.01. The van der Waals surface area contributed by atoms with Gasteiger partial charge in [-0.3, -0.25) is 10.1 Å². The Morgan fingerprint density at radius 3 is 2.37 bits per heavy atom. The van der Waals surface area contributed by atoms with Gasteiger partial charge in [-0.25, -0.2) is 4.79 Å². The lowest BCUT2D eigenvalue weighted by molar-refractivity contribution is -0.383. The fraction of sp³-hybridized carbons (Fsp3) is 0.0333. The molecule has 5 rings (SSSR count). The third-order valence-corrected chi connectivity index (χ3v) is 6.08. The molecule has 0 fully saturated rings. The summed E-state index contributed by atoms with van der Waals surface area (Å²) < 4.78 is 6.27. The van der Waals surface area contributed by atoms with E-state index in [1.54, 1.807) is 42.5 Å². The number of aromatic amines is 1. The number of anilines is 2. The molecule has 0 aliphatic heterocycles. The summed E-state index contributed by atoms with van der Waals surface area (Å²) >= 11 is 0. The summed E-state index contributed by atoms with van der Waals surface area (Å²) in [6.07, 6.45) is 0. The number of nitro groups is 1. The van der Waals surface area contributed by atoms with Crippen molar-refractivity contribution in [3.8, 4) is 33.9 Å². The van der Waals surface area contributed by atoms with Crippen LogP contribution in [0.2, 0.25) is 0 Å². The summed E-state index contributed by atoms with van der Waals surface area (Å²) in [5, 5.41) is 23.9. The van der Waals surface area contributed by atoms with Crippen molar-refractivity contribution < 1.29 is 19.6 Å². The van der Waals surface area contributed by atoms with Crippen LogP contribution in [0.5, 0.6) is 11.5 Å². The molecule has 188 valence electrons. The molecule has 0 spiro atoms. The standard InChI is InChI=1S/C30H23N3O5/c1-19-17-22(12-13-23(19)20-7-3-2-4-8-20)38-29-16-11-21(31-26-9-5-6-10-28(26)33(36)37)18-24(29)25-14-15-27(32-25)30(34)35/h2-18,31-32H,1H3,(H,34,35). The Bertz CT molecular complexity index is 1640. The van der Waals surface area contributed by atoms with Gasteiger partial charge >= 0.3 is 5.97 Å². The SMILES string of the molecule is Cc1cc(Oc2ccc(Nc3ccccc3[N+](=O)[O-])cc2-c2ccc(C(=O)O)[nH]2)ccc1-c1ccccc1. The Morgan fingerprint density at radius 1 is 0.895 bits per heavy atom. The van der Waals surface area contributed by atoms with Crippen molar-refractivity contribution in [3.63, 3.8) is 0 Å². The van der Waals surface area contributed by atoms with E-state index in [2.05, 4.69) is 22.4 Å². The highest BCUT2D eigenvalue weighted by Gasteiger charge is 2.16. The topological polar surface area (TPSA) is 117 Å². The van der Waals surface area contributed by atoms with Crippen molar-refractivity contribution in [3.05, 3.63) is 124 Å². The van der Waals surface area contributed by atoms with Gasteiger partial charge in [-0.1, -0.05) is 48.5 Å². The molecule has 0 bridgehead atoms. The van der Waals surface area contributed by atoms with Crippen LogP contribution in [0.3, 0.4) is 0 Å². The summed E-state index contributed by atoms with van der Waals surface area (Å²) in [7, 11) is 0. The van der Waals surface area contributed by atoms with Gasteiger partial charge in [0.1, 0.15) is 22.9 Å². The highest BCUT2D eigenvalue weighted by Crippen LogP contribution is 2.38. The Labute approximate surface area is 218 Å². The van der Waals surface area contributed by atoms with Crippen LogP contribution in [0.25, 0.3) is 22.4 Å². The Morgan fingerprint density at radius 2 is 1.66 bits per heavy atom. The number of hydrogen-bond donors (Lipinski definition) is 3. The predicted octanol–water partition coefficient (Wildman–Crippen LogP) is 7.80. The molecule has 0 radical (unpaired) electrons. The third kappa shape index (κ3) is 5.10. The Hall–Kier alpha value is -5.37. The zero-order valence-electron chi connectivity index (χ0n) is 20.3. The molecule has 1 heterocycles. The first kappa shape index (κ1) is 24.3. The molecular weight excluding hydrogens is 482 g/mol. The van der Waals surface area contributed by atoms with Crippen LogP contribution in [0.15, 0.2) is 103 Å². The number of aromatic nitrogens is 1. The van der Waals surface area contributed by atoms with Crippen LogP contribution in [-0.2, 0) is 0 Å². The third-order valence-electron chi connectivity index (χ3n) is 6.08. The molecule has 0 unspecified atom stereocenters. The van der Waals surface area contributed by atoms with Gasteiger partial charge in [-0.05, 0) is 72.1 Å². The van der Waals surface area contributed by atoms with Crippen LogP contribution in [0.4, 0.5) is 17.1 Å². The van der Waals surface area contributed by atoms with Gasteiger partial charge in [0.05, 0.1) is 4.92 Å². The van der Waals surface area contributed by atoms with Crippen molar-refractivity contribution >= 4 is 23.0 Å². The second kappa shape index (κ2) is 10.3. The lowest BCUT2D eigenvalue weighted by Gasteiger charge is -2.15. The quantitative estimate of drug-likeness (QED) is 0.146. The van der Waals surface area contributed by atoms with E-state index >= 15 is 0 Å². The van der Waals surface area contributed by atoms with Gasteiger partial charge in [-0.15, -0.1) is 0 Å². The first-order chi connectivity index (χ1) is 18.4. The van der Waals surface area contributed by atoms with Crippen LogP contribution in [0, 0.1) is 17.0 Å². The molecule has 0 saturated carbocycles. The number of aromatic carboxylic acids is 1. The van der Waals surface area contributed by atoms with Crippen molar-refractivity contribution in [2.75, 3.05) is 5.32 Å². The maximum Gasteiger partial charge on any atom is 0.352 e. The van der Waals surface area contributed by atoms with E-state index in [-0.39, 0.29) is 11.4 Å². The maximum atomic E-state index is 11.5. The van der Waals surface area contributed by atoms with Gasteiger partial charge in [0, 0.05) is 23.0 Å². The molecule has 8 nitrogen and oxygen atoms in total. The summed E-state index contributed by atoms with van der Waals surface area (Å²) in [5.41, 5.74) is 5.24. The maximum absolute atomic E-state index is 11.5. The van der Waals surface area contributed by atoms with E-state index < -0.39 is 10.9 Å². The van der Waals surface area contributed by atoms with Crippen molar-refractivity contribution in [1.82, 2.24) is 4.98 Å². The molecule has 0 aliphatic rings. The highest BCUT2D eigenvalue weighted by molar-refractivity contribution is 5.87. The van der Waals surface area contributed by atoms with Gasteiger partial charge in [0.15, 0.2) is 0 Å². The van der Waals surface area contributed by atoms with Crippen molar-refractivity contribution in [1.29, 1.82) is 0 Å². The average Bonchev–Trinajstić information content (AvgIpc) is 3.41. The molecule has 5 aromatic rings. The monoisotopic (exact) mass is 505 g/mol. The first-order valence-corrected chi connectivity index (χ1v) is 11.8. The molecule has 0 aliphatic carbocycles. The van der Waals surface area contributed by atoms with E-state index in [4.69, 9.17) is 4.74 Å². The second-order valence-electron chi connectivity index (χ2n) is 8.65. The lowest BCUT2D eigenvalue weighted by Crippen LogP contribution is -1.98. The van der Waals surface area contributed by atoms with Gasteiger partial charge in [0.25, 0.3) is 5.69 Å².